The first-order valence-corrected chi connectivity index (χ1v) is 9.32. The second kappa shape index (κ2) is 11.2. The van der Waals surface area contributed by atoms with Crippen LogP contribution in [0.2, 0.25) is 0 Å². The first-order valence-electron chi connectivity index (χ1n) is 7.41. The number of hydrogen-bond donors (Lipinski definition) is 1. The number of esters is 1. The SMILES string of the molecule is CCCCN(C(=O)CC(=O)OCC)c1cc[c]([Ge][O]OO)cc1. The van der Waals surface area contributed by atoms with Gasteiger partial charge in [-0.1, -0.05) is 0 Å². The minimum atomic E-state index is -1.04. The van der Waals surface area contributed by atoms with Crippen molar-refractivity contribution >= 4 is 37.7 Å². The maximum absolute atomic E-state index is 12.3. The van der Waals surface area contributed by atoms with Gasteiger partial charge in [0.15, 0.2) is 0 Å². The molecule has 2 radical (unpaired) electrons. The average Bonchev–Trinajstić information content (AvgIpc) is 2.54. The third-order valence-corrected chi connectivity index (χ3v) is 4.54. The molecule has 1 N–H and O–H groups in total. The van der Waals surface area contributed by atoms with Crippen molar-refractivity contribution in [3.05, 3.63) is 24.3 Å². The van der Waals surface area contributed by atoms with Crippen LogP contribution >= 0.6 is 0 Å². The van der Waals surface area contributed by atoms with E-state index in [1.807, 2.05) is 19.1 Å². The summed E-state index contributed by atoms with van der Waals surface area (Å²) < 4.78 is 10.3. The Hall–Kier alpha value is -1.42. The molecular formula is C15H21GeNO6. The molecule has 0 aromatic heterocycles. The van der Waals surface area contributed by atoms with Crippen molar-refractivity contribution in [2.24, 2.45) is 0 Å². The van der Waals surface area contributed by atoms with Crippen molar-refractivity contribution < 1.29 is 28.5 Å². The number of nitrogens with zero attached hydrogens (tertiary/aromatic N) is 1. The number of rotatable bonds is 10. The van der Waals surface area contributed by atoms with Gasteiger partial charge in [-0.3, -0.25) is 0 Å². The van der Waals surface area contributed by atoms with Crippen LogP contribution in [0, 0.1) is 0 Å². The van der Waals surface area contributed by atoms with Gasteiger partial charge in [0.2, 0.25) is 0 Å². The Kier molecular flexibility index (Phi) is 9.53. The Morgan fingerprint density at radius 2 is 1.91 bits per heavy atom. The van der Waals surface area contributed by atoms with Gasteiger partial charge in [0.05, 0.1) is 0 Å². The summed E-state index contributed by atoms with van der Waals surface area (Å²) in [4.78, 5) is 25.5. The third kappa shape index (κ3) is 7.13. The molecule has 0 heterocycles. The number of benzene rings is 1. The quantitative estimate of drug-likeness (QED) is 0.216. The van der Waals surface area contributed by atoms with Crippen LogP contribution in [0.3, 0.4) is 0 Å². The summed E-state index contributed by atoms with van der Waals surface area (Å²) in [6.07, 6.45) is 1.51. The van der Waals surface area contributed by atoms with Gasteiger partial charge in [-0.25, -0.2) is 0 Å². The molecule has 0 aliphatic carbocycles. The van der Waals surface area contributed by atoms with Crippen LogP contribution in [0.1, 0.15) is 33.1 Å². The van der Waals surface area contributed by atoms with E-state index in [1.165, 1.54) is 0 Å². The van der Waals surface area contributed by atoms with Crippen molar-refractivity contribution in [2.45, 2.75) is 33.1 Å². The van der Waals surface area contributed by atoms with E-state index in [4.69, 9.17) is 9.99 Å². The van der Waals surface area contributed by atoms with Gasteiger partial charge in [-0.2, -0.15) is 0 Å². The van der Waals surface area contributed by atoms with Crippen molar-refractivity contribution in [3.63, 3.8) is 0 Å². The molecule has 126 valence electrons. The standard InChI is InChI=1S/C15H21GeNO6/c1-3-5-10-17(14(18)11-15(19)21-4-2)13-8-6-12(7-9-13)16-22-23-20/h6-9,20H,3-5,10-11H2,1-2H3. The molecule has 1 rings (SSSR count). The number of hydrogen-bond acceptors (Lipinski definition) is 6. The zero-order valence-electron chi connectivity index (χ0n) is 13.3. The van der Waals surface area contributed by atoms with Gasteiger partial charge in [0.25, 0.3) is 0 Å². The van der Waals surface area contributed by atoms with E-state index in [0.29, 0.717) is 12.2 Å². The second-order valence-electron chi connectivity index (χ2n) is 4.69. The Balaban J connectivity index is 2.79. The summed E-state index contributed by atoms with van der Waals surface area (Å²) in [5, 5.41) is 11.8. The number of carbonyl (C=O) groups excluding carboxylic acids is 2. The monoisotopic (exact) mass is 385 g/mol. The summed E-state index contributed by atoms with van der Waals surface area (Å²) in [7, 11) is 0. The van der Waals surface area contributed by atoms with E-state index in [1.54, 1.807) is 24.0 Å². The van der Waals surface area contributed by atoms with Crippen LogP contribution in [0.5, 0.6) is 0 Å². The molecule has 0 bridgehead atoms. The van der Waals surface area contributed by atoms with Crippen LogP contribution in [-0.2, 0) is 23.3 Å². The Labute approximate surface area is 142 Å². The molecule has 1 amide bonds. The van der Waals surface area contributed by atoms with Gasteiger partial charge < -0.3 is 0 Å². The molecule has 0 unspecified atom stereocenters. The van der Waals surface area contributed by atoms with Gasteiger partial charge in [-0.15, -0.1) is 0 Å². The van der Waals surface area contributed by atoms with Gasteiger partial charge in [0, 0.05) is 0 Å². The molecule has 0 saturated carbocycles. The molecule has 0 aliphatic heterocycles. The zero-order valence-corrected chi connectivity index (χ0v) is 15.4. The van der Waals surface area contributed by atoms with Gasteiger partial charge in [0.1, 0.15) is 0 Å². The van der Waals surface area contributed by atoms with Crippen LogP contribution < -0.4 is 9.30 Å². The number of carbonyl (C=O) groups is 2. The van der Waals surface area contributed by atoms with E-state index in [0.717, 1.165) is 17.2 Å². The number of anilines is 1. The van der Waals surface area contributed by atoms with E-state index < -0.39 is 21.7 Å². The van der Waals surface area contributed by atoms with Crippen LogP contribution in [0.4, 0.5) is 5.69 Å². The third-order valence-electron chi connectivity index (χ3n) is 3.01. The molecule has 8 heteroatoms. The second-order valence-corrected chi connectivity index (χ2v) is 6.68. The topological polar surface area (TPSA) is 85.3 Å². The fourth-order valence-corrected chi connectivity index (χ4v) is 2.84. The van der Waals surface area contributed by atoms with Gasteiger partial charge >= 0.3 is 142 Å². The van der Waals surface area contributed by atoms with Crippen LogP contribution in [0.25, 0.3) is 0 Å². The van der Waals surface area contributed by atoms with E-state index in [-0.39, 0.29) is 18.9 Å². The summed E-state index contributed by atoms with van der Waals surface area (Å²) in [5.74, 6) is -0.800. The minimum absolute atomic E-state index is 0.257. The Morgan fingerprint density at radius 3 is 2.48 bits per heavy atom. The zero-order chi connectivity index (χ0) is 17.1. The molecular weight excluding hydrogens is 363 g/mol. The van der Waals surface area contributed by atoms with E-state index in [9.17, 15) is 9.59 Å². The van der Waals surface area contributed by atoms with E-state index in [2.05, 4.69) is 8.95 Å². The molecule has 7 nitrogen and oxygen atoms in total. The Bertz CT molecular complexity index is 493. The molecule has 0 aliphatic rings. The molecule has 23 heavy (non-hydrogen) atoms. The van der Waals surface area contributed by atoms with Crippen molar-refractivity contribution in [1.82, 2.24) is 0 Å². The van der Waals surface area contributed by atoms with Crippen molar-refractivity contribution in [3.8, 4) is 0 Å². The van der Waals surface area contributed by atoms with Crippen LogP contribution in [0.15, 0.2) is 24.3 Å². The first-order chi connectivity index (χ1) is 11.1. The fourth-order valence-electron chi connectivity index (χ4n) is 1.92. The molecule has 0 atom stereocenters. The van der Waals surface area contributed by atoms with Crippen molar-refractivity contribution in [1.29, 1.82) is 0 Å². The molecule has 1 aromatic rings. The first kappa shape index (κ1) is 19.6. The summed E-state index contributed by atoms with van der Waals surface area (Å²) in [5.41, 5.74) is 0.716. The fraction of sp³-hybridized carbons (Fsp3) is 0.467. The number of ether oxygens (including phenoxy) is 1. The van der Waals surface area contributed by atoms with Crippen molar-refractivity contribution in [2.75, 3.05) is 18.1 Å². The summed E-state index contributed by atoms with van der Waals surface area (Å²) in [6, 6.07) is 7.20. The average molecular weight is 384 g/mol. The van der Waals surface area contributed by atoms with Crippen LogP contribution in [-0.4, -0.2) is 46.1 Å². The normalized spacial score (nSPS) is 10.4. The van der Waals surface area contributed by atoms with E-state index >= 15 is 0 Å². The summed E-state index contributed by atoms with van der Waals surface area (Å²) in [6.45, 7) is 4.54. The molecule has 0 fully saturated rings. The summed E-state index contributed by atoms with van der Waals surface area (Å²) >= 11 is -1.04. The Morgan fingerprint density at radius 1 is 1.22 bits per heavy atom. The maximum atomic E-state index is 12.3. The predicted octanol–water partition coefficient (Wildman–Crippen LogP) is 1.44. The molecule has 0 saturated heterocycles. The number of unbranched alkanes of at least 4 members (excludes halogenated alkanes) is 1. The molecule has 1 aromatic carbocycles. The predicted molar refractivity (Wildman–Crippen MR) is 85.1 cm³/mol. The number of amides is 1. The molecule has 0 spiro atoms. The van der Waals surface area contributed by atoms with Gasteiger partial charge in [-0.05, 0) is 0 Å².